The van der Waals surface area contributed by atoms with E-state index in [2.05, 4.69) is 57.4 Å². The SMILES string of the molecule is CCNC(=NCc1ccc(Cn2ccnc2)cc1)NCCc1ccc(OC)c(OC)c1. The molecule has 0 bridgehead atoms. The average molecular weight is 422 g/mol. The van der Waals surface area contributed by atoms with E-state index in [4.69, 9.17) is 14.5 Å². The van der Waals surface area contributed by atoms with E-state index in [1.165, 1.54) is 16.7 Å². The largest absolute Gasteiger partial charge is 0.493 e. The van der Waals surface area contributed by atoms with Crippen molar-refractivity contribution in [2.24, 2.45) is 4.99 Å². The van der Waals surface area contributed by atoms with Crippen molar-refractivity contribution in [1.29, 1.82) is 0 Å². The van der Waals surface area contributed by atoms with Gasteiger partial charge in [0.2, 0.25) is 0 Å². The number of methoxy groups -OCH3 is 2. The molecule has 0 atom stereocenters. The van der Waals surface area contributed by atoms with Crippen LogP contribution in [0.3, 0.4) is 0 Å². The molecule has 0 fully saturated rings. The van der Waals surface area contributed by atoms with Crippen LogP contribution in [-0.2, 0) is 19.5 Å². The van der Waals surface area contributed by atoms with Crippen molar-refractivity contribution in [1.82, 2.24) is 20.2 Å². The van der Waals surface area contributed by atoms with Crippen molar-refractivity contribution < 1.29 is 9.47 Å². The van der Waals surface area contributed by atoms with E-state index in [1.807, 2.05) is 24.7 Å². The number of nitrogens with zero attached hydrogens (tertiary/aromatic N) is 3. The zero-order valence-corrected chi connectivity index (χ0v) is 18.5. The van der Waals surface area contributed by atoms with E-state index in [0.717, 1.165) is 43.5 Å². The van der Waals surface area contributed by atoms with Crippen molar-refractivity contribution >= 4 is 5.96 Å². The van der Waals surface area contributed by atoms with Crippen LogP contribution in [0.25, 0.3) is 0 Å². The second kappa shape index (κ2) is 11.6. The van der Waals surface area contributed by atoms with Crippen LogP contribution in [0.1, 0.15) is 23.6 Å². The summed E-state index contributed by atoms with van der Waals surface area (Å²) in [6, 6.07) is 14.5. The van der Waals surface area contributed by atoms with Crippen LogP contribution < -0.4 is 20.1 Å². The standard InChI is InChI=1S/C24H31N5O2/c1-4-26-24(27-12-11-19-9-10-22(30-2)23(15-19)31-3)28-16-20-5-7-21(8-6-20)17-29-14-13-25-18-29/h5-10,13-15,18H,4,11-12,16-17H2,1-3H3,(H2,26,27,28). The maximum Gasteiger partial charge on any atom is 0.191 e. The van der Waals surface area contributed by atoms with E-state index in [1.54, 1.807) is 20.4 Å². The zero-order chi connectivity index (χ0) is 21.9. The Morgan fingerprint density at radius 3 is 2.39 bits per heavy atom. The Balaban J connectivity index is 1.52. The Hall–Kier alpha value is -3.48. The molecular weight excluding hydrogens is 390 g/mol. The van der Waals surface area contributed by atoms with Gasteiger partial charge in [-0.1, -0.05) is 30.3 Å². The molecule has 0 saturated heterocycles. The van der Waals surface area contributed by atoms with Crippen molar-refractivity contribution in [3.05, 3.63) is 77.9 Å². The van der Waals surface area contributed by atoms with Crippen LogP contribution in [0.5, 0.6) is 11.5 Å². The number of imidazole rings is 1. The highest BCUT2D eigenvalue weighted by Crippen LogP contribution is 2.27. The first-order valence-corrected chi connectivity index (χ1v) is 10.5. The number of hydrogen-bond donors (Lipinski definition) is 2. The molecule has 1 heterocycles. The van der Waals surface area contributed by atoms with Gasteiger partial charge in [0.15, 0.2) is 17.5 Å². The summed E-state index contributed by atoms with van der Waals surface area (Å²) in [6.07, 6.45) is 6.44. The number of aromatic nitrogens is 2. The summed E-state index contributed by atoms with van der Waals surface area (Å²) < 4.78 is 12.7. The first-order chi connectivity index (χ1) is 15.2. The second-order valence-corrected chi connectivity index (χ2v) is 7.11. The van der Waals surface area contributed by atoms with Crippen molar-refractivity contribution in [2.45, 2.75) is 26.4 Å². The van der Waals surface area contributed by atoms with Crippen molar-refractivity contribution in [2.75, 3.05) is 27.3 Å². The number of guanidine groups is 1. The average Bonchev–Trinajstić information content (AvgIpc) is 3.31. The highest BCUT2D eigenvalue weighted by atomic mass is 16.5. The van der Waals surface area contributed by atoms with Gasteiger partial charge in [0.05, 0.1) is 27.1 Å². The number of hydrogen-bond acceptors (Lipinski definition) is 4. The van der Waals surface area contributed by atoms with E-state index in [9.17, 15) is 0 Å². The van der Waals surface area contributed by atoms with E-state index < -0.39 is 0 Å². The Morgan fingerprint density at radius 2 is 1.71 bits per heavy atom. The van der Waals surface area contributed by atoms with Crippen molar-refractivity contribution in [3.63, 3.8) is 0 Å². The molecule has 0 spiro atoms. The Bertz CT molecular complexity index is 953. The molecule has 164 valence electrons. The summed E-state index contributed by atoms with van der Waals surface area (Å²) in [5, 5.41) is 6.71. The van der Waals surface area contributed by atoms with E-state index in [-0.39, 0.29) is 0 Å². The maximum absolute atomic E-state index is 5.38. The van der Waals surface area contributed by atoms with Gasteiger partial charge in [0, 0.05) is 32.0 Å². The predicted octanol–water partition coefficient (Wildman–Crippen LogP) is 3.25. The number of ether oxygens (including phenoxy) is 2. The second-order valence-electron chi connectivity index (χ2n) is 7.11. The van der Waals surface area contributed by atoms with Crippen LogP contribution in [0.15, 0.2) is 66.2 Å². The van der Waals surface area contributed by atoms with Crippen LogP contribution in [-0.4, -0.2) is 42.8 Å². The van der Waals surface area contributed by atoms with Gasteiger partial charge in [-0.15, -0.1) is 0 Å². The molecule has 0 aliphatic rings. The molecule has 0 aliphatic carbocycles. The monoisotopic (exact) mass is 421 g/mol. The number of aliphatic imine (C=N–C) groups is 1. The molecule has 0 radical (unpaired) electrons. The predicted molar refractivity (Wildman–Crippen MR) is 124 cm³/mol. The van der Waals surface area contributed by atoms with Gasteiger partial charge in [0.25, 0.3) is 0 Å². The molecule has 1 aromatic heterocycles. The molecule has 0 aliphatic heterocycles. The topological polar surface area (TPSA) is 72.7 Å². The maximum atomic E-state index is 5.38. The minimum atomic E-state index is 0.622. The highest BCUT2D eigenvalue weighted by Gasteiger charge is 2.05. The lowest BCUT2D eigenvalue weighted by atomic mass is 10.1. The summed E-state index contributed by atoms with van der Waals surface area (Å²) in [4.78, 5) is 8.80. The third kappa shape index (κ3) is 6.77. The Labute approximate surface area is 184 Å². The third-order valence-electron chi connectivity index (χ3n) is 4.87. The lowest BCUT2D eigenvalue weighted by molar-refractivity contribution is 0.354. The van der Waals surface area contributed by atoms with Crippen molar-refractivity contribution in [3.8, 4) is 11.5 Å². The van der Waals surface area contributed by atoms with Gasteiger partial charge >= 0.3 is 0 Å². The third-order valence-corrected chi connectivity index (χ3v) is 4.87. The van der Waals surface area contributed by atoms with E-state index >= 15 is 0 Å². The number of rotatable bonds is 10. The van der Waals surface area contributed by atoms with Gasteiger partial charge in [-0.2, -0.15) is 0 Å². The van der Waals surface area contributed by atoms with Gasteiger partial charge < -0.3 is 24.7 Å². The molecule has 0 amide bonds. The molecule has 3 rings (SSSR count). The highest BCUT2D eigenvalue weighted by molar-refractivity contribution is 5.79. The zero-order valence-electron chi connectivity index (χ0n) is 18.5. The van der Waals surface area contributed by atoms with Gasteiger partial charge in [-0.05, 0) is 42.2 Å². The smallest absolute Gasteiger partial charge is 0.191 e. The quantitative estimate of drug-likeness (QED) is 0.388. The number of nitrogens with one attached hydrogen (secondary N) is 2. The first-order valence-electron chi connectivity index (χ1n) is 10.5. The molecule has 3 aromatic rings. The summed E-state index contributed by atoms with van der Waals surface area (Å²) in [5.41, 5.74) is 3.59. The summed E-state index contributed by atoms with van der Waals surface area (Å²) in [6.45, 7) is 5.09. The fourth-order valence-corrected chi connectivity index (χ4v) is 3.21. The molecule has 0 unspecified atom stereocenters. The number of benzene rings is 2. The molecule has 7 heteroatoms. The van der Waals surface area contributed by atoms with Crippen LogP contribution in [0.2, 0.25) is 0 Å². The molecule has 2 N–H and O–H groups in total. The molecule has 31 heavy (non-hydrogen) atoms. The first kappa shape index (κ1) is 22.2. The van der Waals surface area contributed by atoms with Gasteiger partial charge in [-0.25, -0.2) is 9.98 Å². The minimum absolute atomic E-state index is 0.622. The molecular formula is C24H31N5O2. The fraction of sp³-hybridized carbons (Fsp3) is 0.333. The summed E-state index contributed by atoms with van der Waals surface area (Å²) in [5.74, 6) is 2.30. The molecule has 0 saturated carbocycles. The van der Waals surface area contributed by atoms with Gasteiger partial charge in [-0.3, -0.25) is 0 Å². The van der Waals surface area contributed by atoms with Crippen LogP contribution >= 0.6 is 0 Å². The fourth-order valence-electron chi connectivity index (χ4n) is 3.21. The van der Waals surface area contributed by atoms with E-state index in [0.29, 0.717) is 6.54 Å². The lowest BCUT2D eigenvalue weighted by Crippen LogP contribution is -2.38. The van der Waals surface area contributed by atoms with Crippen LogP contribution in [0.4, 0.5) is 0 Å². The van der Waals surface area contributed by atoms with Gasteiger partial charge in [0.1, 0.15) is 0 Å². The Kier molecular flexibility index (Phi) is 8.34. The lowest BCUT2D eigenvalue weighted by Gasteiger charge is -2.13. The molecule has 7 nitrogen and oxygen atoms in total. The summed E-state index contributed by atoms with van der Waals surface area (Å²) in [7, 11) is 3.30. The summed E-state index contributed by atoms with van der Waals surface area (Å²) >= 11 is 0. The van der Waals surface area contributed by atoms with Crippen LogP contribution in [0, 0.1) is 0 Å². The molecule has 2 aromatic carbocycles. The minimum Gasteiger partial charge on any atom is -0.493 e. The normalized spacial score (nSPS) is 11.3. The Morgan fingerprint density at radius 1 is 0.968 bits per heavy atom.